The Morgan fingerprint density at radius 1 is 1.60 bits per heavy atom. The van der Waals surface area contributed by atoms with E-state index >= 15 is 0 Å². The molecular formula is N2S3+. The van der Waals surface area contributed by atoms with Gasteiger partial charge in [0.15, 0.2) is 0 Å². The van der Waals surface area contributed by atoms with Crippen LogP contribution in [0.2, 0.25) is 0 Å². The molecule has 0 saturated heterocycles. The lowest BCUT2D eigenvalue weighted by Gasteiger charge is -1.47. The molecule has 2 nitrogen and oxygen atoms in total. The number of nitrogens with zero attached hydrogens (tertiary/aromatic N) is 2. The first-order chi connectivity index (χ1) is 2.50. The minimum atomic E-state index is 1.41. The van der Waals surface area contributed by atoms with Gasteiger partial charge in [-0.1, -0.05) is 0 Å². The highest BCUT2D eigenvalue weighted by atomic mass is 33.5. The van der Waals surface area contributed by atoms with Gasteiger partial charge in [0.25, 0.3) is 4.52 Å². The fraction of sp³-hybridized carbons (Fsp3) is 0. The zero-order valence-corrected chi connectivity index (χ0v) is 4.57. The van der Waals surface area contributed by atoms with Gasteiger partial charge < -0.3 is 0 Å². The van der Waals surface area contributed by atoms with Crippen LogP contribution in [0.4, 0.5) is 0 Å². The number of hydrogen-bond acceptors (Lipinski definition) is 5. The SMILES string of the molecule is N1=[N+]SSS1. The highest BCUT2D eigenvalue weighted by molar-refractivity contribution is 9.09. The molecule has 27 valence electrons. The van der Waals surface area contributed by atoms with Gasteiger partial charge in [0.05, 0.1) is 9.83 Å². The smallest absolute Gasteiger partial charge is 0.0905 e. The third kappa shape index (κ3) is 1.02. The van der Waals surface area contributed by atoms with Crippen LogP contribution in [0.1, 0.15) is 0 Å². The Kier molecular flexibility index (Phi) is 1.49. The van der Waals surface area contributed by atoms with E-state index < -0.39 is 0 Å². The van der Waals surface area contributed by atoms with E-state index in [1.165, 1.54) is 22.0 Å². The minimum absolute atomic E-state index is 1.41. The van der Waals surface area contributed by atoms with E-state index in [1.54, 1.807) is 9.83 Å². The summed E-state index contributed by atoms with van der Waals surface area (Å²) in [7, 11) is 4.40. The third-order valence-electron chi connectivity index (χ3n) is 0.161. The molecule has 0 amide bonds. The molecular weight excluding hydrogens is 124 g/mol. The van der Waals surface area contributed by atoms with Crippen molar-refractivity contribution in [2.75, 3.05) is 0 Å². The van der Waals surface area contributed by atoms with Gasteiger partial charge in [-0.3, -0.25) is 0 Å². The summed E-state index contributed by atoms with van der Waals surface area (Å²) in [6, 6.07) is 0. The first-order valence-corrected chi connectivity index (χ1v) is 4.30. The monoisotopic (exact) mass is 124 g/mol. The van der Waals surface area contributed by atoms with Crippen molar-refractivity contribution in [2.24, 2.45) is 4.52 Å². The van der Waals surface area contributed by atoms with E-state index in [1.807, 2.05) is 0 Å². The van der Waals surface area contributed by atoms with E-state index in [0.717, 1.165) is 0 Å². The van der Waals surface area contributed by atoms with Crippen molar-refractivity contribution in [1.82, 2.24) is 4.52 Å². The lowest BCUT2D eigenvalue weighted by atomic mass is 13.2. The third-order valence-corrected chi connectivity index (χ3v) is 2.54. The molecule has 0 unspecified atom stereocenters. The van der Waals surface area contributed by atoms with Crippen molar-refractivity contribution in [3.05, 3.63) is 0 Å². The molecule has 5 heavy (non-hydrogen) atoms. The molecule has 0 aromatic heterocycles. The Hall–Kier alpha value is 0.650. The lowest BCUT2D eigenvalue weighted by molar-refractivity contribution is 1.40. The Morgan fingerprint density at radius 2 is 2.60 bits per heavy atom. The number of rotatable bonds is 0. The zero-order valence-electron chi connectivity index (χ0n) is 2.12. The van der Waals surface area contributed by atoms with E-state index in [2.05, 4.69) is 9.04 Å². The lowest BCUT2D eigenvalue weighted by Crippen LogP contribution is -1.43. The second kappa shape index (κ2) is 1.94. The van der Waals surface area contributed by atoms with Crippen LogP contribution in [0.3, 0.4) is 0 Å². The van der Waals surface area contributed by atoms with Crippen LogP contribution in [0.5, 0.6) is 0 Å². The number of hydrogen-bond donors (Lipinski definition) is 0. The maximum Gasteiger partial charge on any atom is 0.361 e. The van der Waals surface area contributed by atoms with Gasteiger partial charge in [-0.15, -0.1) is 0 Å². The normalized spacial score (nSPS) is 20.8. The van der Waals surface area contributed by atoms with Crippen molar-refractivity contribution in [3.8, 4) is 0 Å². The fourth-order valence-electron chi connectivity index (χ4n) is 0.0680. The van der Waals surface area contributed by atoms with E-state index in [-0.39, 0.29) is 0 Å². The Morgan fingerprint density at radius 3 is 2.80 bits per heavy atom. The zero-order chi connectivity index (χ0) is 3.54. The van der Waals surface area contributed by atoms with Crippen molar-refractivity contribution in [3.63, 3.8) is 0 Å². The van der Waals surface area contributed by atoms with Gasteiger partial charge in [0.1, 0.15) is 15.5 Å². The molecule has 0 aromatic carbocycles. The van der Waals surface area contributed by atoms with E-state index in [0.29, 0.717) is 0 Å². The molecule has 0 saturated carbocycles. The van der Waals surface area contributed by atoms with Crippen molar-refractivity contribution < 1.29 is 0 Å². The van der Waals surface area contributed by atoms with E-state index in [4.69, 9.17) is 0 Å². The summed E-state index contributed by atoms with van der Waals surface area (Å²) in [5.74, 6) is 0. The van der Waals surface area contributed by atoms with Crippen LogP contribution in [0.25, 0.3) is 0 Å². The van der Waals surface area contributed by atoms with Crippen LogP contribution >= 0.6 is 31.8 Å². The average molecular weight is 124 g/mol. The fourth-order valence-corrected chi connectivity index (χ4v) is 1.84. The maximum absolute atomic E-state index is 3.55. The van der Waals surface area contributed by atoms with E-state index in [9.17, 15) is 0 Å². The largest absolute Gasteiger partial charge is 0.361 e. The van der Waals surface area contributed by atoms with Crippen LogP contribution in [-0.2, 0) is 0 Å². The summed E-state index contributed by atoms with van der Waals surface area (Å²) in [6.45, 7) is 0. The quantitative estimate of drug-likeness (QED) is 0.363. The predicted molar refractivity (Wildman–Crippen MR) is 27.3 cm³/mol. The molecule has 1 rings (SSSR count). The topological polar surface area (TPSA) is 26.5 Å². The summed E-state index contributed by atoms with van der Waals surface area (Å²) in [4.78, 5) is 0. The van der Waals surface area contributed by atoms with Crippen LogP contribution < -0.4 is 4.52 Å². The molecule has 0 N–H and O–H groups in total. The summed E-state index contributed by atoms with van der Waals surface area (Å²) < 4.78 is 7.10. The first-order valence-electron chi connectivity index (χ1n) is 0.898. The van der Waals surface area contributed by atoms with Gasteiger partial charge in [-0.25, -0.2) is 0 Å². The Bertz CT molecular complexity index is 42.9. The van der Waals surface area contributed by atoms with Crippen LogP contribution in [0.15, 0.2) is 4.52 Å². The molecule has 0 bridgehead atoms. The van der Waals surface area contributed by atoms with Gasteiger partial charge in [-0.2, -0.15) is 0 Å². The highest BCUT2D eigenvalue weighted by Gasteiger charge is 2.10. The average Bonchev–Trinajstić information content (AvgIpc) is 1.76. The molecule has 0 atom stereocenters. The summed E-state index contributed by atoms with van der Waals surface area (Å²) in [5.41, 5.74) is 0. The van der Waals surface area contributed by atoms with Gasteiger partial charge in [0.2, 0.25) is 0 Å². The molecule has 1 aliphatic heterocycles. The standard InChI is InChI=1S/N2S3/c1-2-4-5-3-1/q+1. The highest BCUT2D eigenvalue weighted by Crippen LogP contribution is 2.37. The van der Waals surface area contributed by atoms with Crippen LogP contribution in [0, 0.1) is 0 Å². The molecule has 5 heteroatoms. The molecule has 0 spiro atoms. The minimum Gasteiger partial charge on any atom is 0.0905 e. The first kappa shape index (κ1) is 3.83. The van der Waals surface area contributed by atoms with Gasteiger partial charge in [-0.05, 0) is 0 Å². The summed E-state index contributed by atoms with van der Waals surface area (Å²) in [6.07, 6.45) is 0. The van der Waals surface area contributed by atoms with Crippen LogP contribution in [-0.4, -0.2) is 0 Å². The van der Waals surface area contributed by atoms with Gasteiger partial charge in [0, 0.05) is 0 Å². The molecule has 0 aromatic rings. The maximum atomic E-state index is 3.55. The van der Waals surface area contributed by atoms with Gasteiger partial charge >= 0.3 is 11.0 Å². The molecule has 0 aliphatic carbocycles. The molecule has 1 heterocycles. The van der Waals surface area contributed by atoms with Crippen molar-refractivity contribution >= 4 is 31.8 Å². The van der Waals surface area contributed by atoms with Crippen molar-refractivity contribution in [1.29, 1.82) is 0 Å². The predicted octanol–water partition coefficient (Wildman–Crippen LogP) is 1.65. The Labute approximate surface area is 41.3 Å². The second-order valence-corrected chi connectivity index (χ2v) is 3.67. The summed E-state index contributed by atoms with van der Waals surface area (Å²) in [5, 5.41) is 0. The second-order valence-electron chi connectivity index (χ2n) is 0.380. The Balaban J connectivity index is 2.32. The van der Waals surface area contributed by atoms with Crippen molar-refractivity contribution in [2.45, 2.75) is 0 Å². The molecule has 0 fully saturated rings. The summed E-state index contributed by atoms with van der Waals surface area (Å²) >= 11 is 0. The molecule has 1 aliphatic rings. The molecule has 1 radical (unpaired) electrons.